The second-order valence-electron chi connectivity index (χ2n) is 6.74. The number of nitrogens with zero attached hydrogens (tertiary/aromatic N) is 2. The molecule has 0 aliphatic carbocycles. The van der Waals surface area contributed by atoms with Crippen LogP contribution in [0.4, 0.5) is 5.69 Å². The monoisotopic (exact) mass is 423 g/mol. The summed E-state index contributed by atoms with van der Waals surface area (Å²) in [5, 5.41) is 6.39. The van der Waals surface area contributed by atoms with Crippen molar-refractivity contribution in [3.05, 3.63) is 41.3 Å². The third-order valence-electron chi connectivity index (χ3n) is 4.32. The van der Waals surface area contributed by atoms with Crippen LogP contribution in [0.5, 0.6) is 0 Å². The van der Waals surface area contributed by atoms with Crippen LogP contribution in [-0.4, -0.2) is 50.0 Å². The molecular weight excluding hydrogens is 398 g/mol. The van der Waals surface area contributed by atoms with Crippen molar-refractivity contribution in [1.82, 2.24) is 9.46 Å². The minimum absolute atomic E-state index is 0.0457. The minimum Gasteiger partial charge on any atom is -0.453 e. The number of rotatable bonds is 8. The van der Waals surface area contributed by atoms with Crippen molar-refractivity contribution in [1.29, 1.82) is 0 Å². The van der Waals surface area contributed by atoms with Gasteiger partial charge in [0.25, 0.3) is 5.91 Å². The van der Waals surface area contributed by atoms with Gasteiger partial charge in [-0.3, -0.25) is 9.59 Å². The van der Waals surface area contributed by atoms with E-state index in [-0.39, 0.29) is 17.0 Å². The van der Waals surface area contributed by atoms with Crippen LogP contribution in [0.2, 0.25) is 0 Å². The van der Waals surface area contributed by atoms with E-state index in [1.165, 1.54) is 39.2 Å². The van der Waals surface area contributed by atoms with Crippen LogP contribution in [-0.2, 0) is 30.8 Å². The molecule has 10 heteroatoms. The average molecular weight is 423 g/mol. The molecule has 0 radical (unpaired) electrons. The number of hydrogen-bond donors (Lipinski definition) is 1. The van der Waals surface area contributed by atoms with Crippen molar-refractivity contribution in [2.24, 2.45) is 0 Å². The fraction of sp³-hybridized carbons (Fsp3) is 0.421. The zero-order valence-corrected chi connectivity index (χ0v) is 17.9. The first-order valence-electron chi connectivity index (χ1n) is 8.97. The second-order valence-corrected chi connectivity index (χ2v) is 8.89. The number of benzene rings is 1. The van der Waals surface area contributed by atoms with Gasteiger partial charge in [0.05, 0.1) is 10.6 Å². The predicted molar refractivity (Wildman–Crippen MR) is 106 cm³/mol. The molecule has 9 nitrogen and oxygen atoms in total. The molecule has 0 saturated heterocycles. The molecular formula is C19H25N3O6S. The molecule has 158 valence electrons. The van der Waals surface area contributed by atoms with Gasteiger partial charge in [0.1, 0.15) is 5.76 Å². The lowest BCUT2D eigenvalue weighted by Crippen LogP contribution is -2.30. The van der Waals surface area contributed by atoms with Crippen LogP contribution in [0.3, 0.4) is 0 Å². The largest absolute Gasteiger partial charge is 0.453 e. The van der Waals surface area contributed by atoms with Gasteiger partial charge in [0.15, 0.2) is 6.10 Å². The van der Waals surface area contributed by atoms with E-state index in [2.05, 4.69) is 10.5 Å². The summed E-state index contributed by atoms with van der Waals surface area (Å²) in [6.07, 6.45) is -0.558. The highest BCUT2D eigenvalue weighted by Gasteiger charge is 2.21. The number of amides is 1. The van der Waals surface area contributed by atoms with Crippen molar-refractivity contribution in [3.8, 4) is 0 Å². The summed E-state index contributed by atoms with van der Waals surface area (Å²) in [7, 11) is -0.784. The Morgan fingerprint density at radius 1 is 1.28 bits per heavy atom. The van der Waals surface area contributed by atoms with E-state index in [0.717, 1.165) is 9.87 Å². The van der Waals surface area contributed by atoms with Crippen LogP contribution in [0.15, 0.2) is 33.7 Å². The fourth-order valence-electron chi connectivity index (χ4n) is 2.58. The number of carbonyl (C=O) groups is 2. The molecule has 1 amide bonds. The quantitative estimate of drug-likeness (QED) is 0.645. The number of aromatic nitrogens is 1. The standard InChI is InChI=1S/C19H25N3O6S/c1-12-17(13(2)28-21-12)9-10-18(23)27-14(3)19(24)20-15-7-6-8-16(11-15)29(25,26)22(4)5/h6-8,11,14H,9-10H2,1-5H3,(H,20,24)/t14-/m1/s1. The molecule has 1 atom stereocenters. The van der Waals surface area contributed by atoms with Crippen LogP contribution >= 0.6 is 0 Å². The summed E-state index contributed by atoms with van der Waals surface area (Å²) in [6.45, 7) is 5.00. The molecule has 0 unspecified atom stereocenters. The fourth-order valence-corrected chi connectivity index (χ4v) is 3.53. The van der Waals surface area contributed by atoms with Crippen molar-refractivity contribution >= 4 is 27.6 Å². The molecule has 0 saturated carbocycles. The Balaban J connectivity index is 1.94. The third kappa shape index (κ3) is 5.64. The first-order chi connectivity index (χ1) is 13.5. The molecule has 0 aliphatic heterocycles. The Morgan fingerprint density at radius 2 is 1.97 bits per heavy atom. The Labute approximate surface area is 170 Å². The molecule has 1 N–H and O–H groups in total. The first kappa shape index (κ1) is 22.6. The van der Waals surface area contributed by atoms with Crippen LogP contribution in [0.1, 0.15) is 30.4 Å². The van der Waals surface area contributed by atoms with Gasteiger partial charge in [-0.25, -0.2) is 12.7 Å². The molecule has 0 bridgehead atoms. The highest BCUT2D eigenvalue weighted by atomic mass is 32.2. The SMILES string of the molecule is Cc1noc(C)c1CCC(=O)O[C@H](C)C(=O)Nc1cccc(S(=O)(=O)N(C)C)c1. The van der Waals surface area contributed by atoms with E-state index in [9.17, 15) is 18.0 Å². The van der Waals surface area contributed by atoms with E-state index in [1.807, 2.05) is 0 Å². The van der Waals surface area contributed by atoms with Gasteiger partial charge >= 0.3 is 5.97 Å². The summed E-state index contributed by atoms with van der Waals surface area (Å²) < 4.78 is 35.7. The molecule has 1 aromatic heterocycles. The number of ether oxygens (including phenoxy) is 1. The summed E-state index contributed by atoms with van der Waals surface area (Å²) >= 11 is 0. The van der Waals surface area contributed by atoms with Crippen molar-refractivity contribution < 1.29 is 27.3 Å². The number of esters is 1. The van der Waals surface area contributed by atoms with Crippen LogP contribution in [0, 0.1) is 13.8 Å². The van der Waals surface area contributed by atoms with Crippen LogP contribution in [0.25, 0.3) is 0 Å². The zero-order chi connectivity index (χ0) is 21.8. The molecule has 2 aromatic rings. The summed E-state index contributed by atoms with van der Waals surface area (Å²) in [5.74, 6) is -0.444. The number of hydrogen-bond acceptors (Lipinski definition) is 7. The Hall–Kier alpha value is -2.72. The van der Waals surface area contributed by atoms with Crippen molar-refractivity contribution in [2.45, 2.75) is 44.6 Å². The van der Waals surface area contributed by atoms with Gasteiger partial charge in [-0.15, -0.1) is 0 Å². The maximum absolute atomic E-state index is 12.3. The Morgan fingerprint density at radius 3 is 2.55 bits per heavy atom. The first-order valence-corrected chi connectivity index (χ1v) is 10.4. The number of aryl methyl sites for hydroxylation is 2. The third-order valence-corrected chi connectivity index (χ3v) is 6.13. The molecule has 0 aliphatic rings. The lowest BCUT2D eigenvalue weighted by molar-refractivity contribution is -0.153. The summed E-state index contributed by atoms with van der Waals surface area (Å²) in [4.78, 5) is 24.4. The van der Waals surface area contributed by atoms with Crippen LogP contribution < -0.4 is 5.32 Å². The number of carbonyl (C=O) groups excluding carboxylic acids is 2. The molecule has 2 rings (SSSR count). The number of anilines is 1. The second kappa shape index (κ2) is 9.19. The summed E-state index contributed by atoms with van der Waals surface area (Å²) in [6, 6.07) is 5.85. The molecule has 0 spiro atoms. The van der Waals surface area contributed by atoms with Gasteiger partial charge in [-0.1, -0.05) is 11.2 Å². The molecule has 29 heavy (non-hydrogen) atoms. The van der Waals surface area contributed by atoms with E-state index in [1.54, 1.807) is 19.9 Å². The highest BCUT2D eigenvalue weighted by molar-refractivity contribution is 7.89. The average Bonchev–Trinajstić information content (AvgIpc) is 2.97. The maximum atomic E-state index is 12.3. The lowest BCUT2D eigenvalue weighted by atomic mass is 10.1. The predicted octanol–water partition coefficient (Wildman–Crippen LogP) is 2.04. The maximum Gasteiger partial charge on any atom is 0.306 e. The van der Waals surface area contributed by atoms with Gasteiger partial charge < -0.3 is 14.6 Å². The lowest BCUT2D eigenvalue weighted by Gasteiger charge is -2.15. The van der Waals surface area contributed by atoms with E-state index in [0.29, 0.717) is 17.9 Å². The Kier molecular flexibility index (Phi) is 7.15. The minimum atomic E-state index is -3.63. The van der Waals surface area contributed by atoms with Gasteiger partial charge in [-0.2, -0.15) is 0 Å². The Bertz CT molecular complexity index is 978. The molecule has 1 heterocycles. The topological polar surface area (TPSA) is 119 Å². The van der Waals surface area contributed by atoms with Crippen molar-refractivity contribution in [3.63, 3.8) is 0 Å². The normalized spacial score (nSPS) is 12.6. The van der Waals surface area contributed by atoms with E-state index >= 15 is 0 Å². The van der Waals surface area contributed by atoms with E-state index < -0.39 is 28.0 Å². The molecule has 1 aromatic carbocycles. The van der Waals surface area contributed by atoms with Crippen molar-refractivity contribution in [2.75, 3.05) is 19.4 Å². The van der Waals surface area contributed by atoms with E-state index in [4.69, 9.17) is 9.26 Å². The van der Waals surface area contributed by atoms with Gasteiger partial charge in [-0.05, 0) is 45.4 Å². The van der Waals surface area contributed by atoms with Gasteiger partial charge in [0, 0.05) is 31.8 Å². The smallest absolute Gasteiger partial charge is 0.306 e. The zero-order valence-electron chi connectivity index (χ0n) is 17.1. The summed E-state index contributed by atoms with van der Waals surface area (Å²) in [5.41, 5.74) is 1.85. The van der Waals surface area contributed by atoms with Gasteiger partial charge in [0.2, 0.25) is 10.0 Å². The number of sulfonamides is 1. The number of nitrogens with one attached hydrogen (secondary N) is 1. The molecule has 0 fully saturated rings. The highest BCUT2D eigenvalue weighted by Crippen LogP contribution is 2.19.